The average molecular weight is 963 g/mol. The van der Waals surface area contributed by atoms with Crippen LogP contribution in [0.25, 0.3) is 12.2 Å². The molecule has 0 saturated carbocycles. The van der Waals surface area contributed by atoms with Gasteiger partial charge in [-0.25, -0.2) is 15.5 Å². The van der Waals surface area contributed by atoms with Gasteiger partial charge in [0.15, 0.2) is 0 Å². The van der Waals surface area contributed by atoms with Gasteiger partial charge >= 0.3 is 0 Å². The van der Waals surface area contributed by atoms with Gasteiger partial charge in [0.25, 0.3) is 26.2 Å². The van der Waals surface area contributed by atoms with Gasteiger partial charge in [0, 0.05) is 54.2 Å². The smallest absolute Gasteiger partial charge is 0.295 e. The molecule has 0 unspecified atom stereocenters. The van der Waals surface area contributed by atoms with Crippen molar-refractivity contribution in [3.8, 4) is 0 Å². The van der Waals surface area contributed by atoms with Crippen molar-refractivity contribution in [1.82, 2.24) is 29.9 Å². The van der Waals surface area contributed by atoms with Gasteiger partial charge in [-0.05, 0) is 35.4 Å². The third-order valence-electron chi connectivity index (χ3n) is 7.25. The highest BCUT2D eigenvalue weighted by Gasteiger charge is 2.17. The first-order chi connectivity index (χ1) is 30.3. The van der Waals surface area contributed by atoms with Gasteiger partial charge in [0.05, 0.1) is 63.2 Å². The Labute approximate surface area is 367 Å². The molecule has 0 aliphatic heterocycles. The third-order valence-corrected chi connectivity index (χ3v) is 9.93. The van der Waals surface area contributed by atoms with E-state index in [1.807, 2.05) is 0 Å². The number of ether oxygens (including phenoxy) is 2. The van der Waals surface area contributed by atoms with E-state index in [1.165, 1.54) is 36.6 Å². The molecule has 4 rings (SSSR count). The molecule has 11 N–H and O–H groups in total. The minimum Gasteiger partial charge on any atom is -0.394 e. The maximum absolute atomic E-state index is 12.6. The maximum Gasteiger partial charge on any atom is 0.295 e. The molecule has 2 aromatic heterocycles. The number of aromatic nitrogens is 6. The average Bonchev–Trinajstić information content (AvgIpc) is 3.23. The zero-order valence-electron chi connectivity index (χ0n) is 32.6. The zero-order valence-corrected chi connectivity index (χ0v) is 35.9. The molecule has 63 heavy (non-hydrogen) atoms. The summed E-state index contributed by atoms with van der Waals surface area (Å²) in [5.74, 6) is -0.558. The highest BCUT2D eigenvalue weighted by Crippen LogP contribution is 2.31. The van der Waals surface area contributed by atoms with E-state index in [2.05, 4.69) is 75.2 Å². The van der Waals surface area contributed by atoms with Gasteiger partial charge in [0.2, 0.25) is 29.7 Å². The molecule has 2 heterocycles. The number of aliphatic hydroxyl groups is 2. The molecule has 0 saturated heterocycles. The Morgan fingerprint density at radius 1 is 0.683 bits per heavy atom. The fraction of sp³-hybridized carbons (Fsp3) is 0.344. The largest absolute Gasteiger partial charge is 0.394 e. The molecule has 0 atom stereocenters. The molecule has 344 valence electrons. The van der Waals surface area contributed by atoms with Crippen molar-refractivity contribution in [2.24, 2.45) is 4.99 Å². The van der Waals surface area contributed by atoms with Crippen LogP contribution in [0.2, 0.25) is 0 Å². The summed E-state index contributed by atoms with van der Waals surface area (Å²) < 4.78 is 86.1. The van der Waals surface area contributed by atoms with E-state index in [0.29, 0.717) is 28.2 Å². The Hall–Kier alpha value is -4.97. The van der Waals surface area contributed by atoms with Gasteiger partial charge in [-0.15, -0.1) is 4.33 Å². The highest BCUT2D eigenvalue weighted by atomic mass is 32.2. The van der Waals surface area contributed by atoms with Crippen LogP contribution in [-0.2, 0) is 43.4 Å². The van der Waals surface area contributed by atoms with Crippen LogP contribution in [0.1, 0.15) is 11.1 Å². The van der Waals surface area contributed by atoms with E-state index in [9.17, 15) is 26.6 Å². The maximum atomic E-state index is 12.6. The number of nitrogens with zero attached hydrogens (tertiary/aromatic N) is 7. The molecule has 0 aliphatic carbocycles. The lowest BCUT2D eigenvalue weighted by Gasteiger charge is -2.13. The molecule has 0 aliphatic rings. The minimum atomic E-state index is -4.82. The zero-order chi connectivity index (χ0) is 45.5. The number of rotatable bonds is 30. The second kappa shape index (κ2) is 26.6. The lowest BCUT2D eigenvalue weighted by atomic mass is 10.1. The SMILES string of the molecule is O=S(=O)(O)CCNc1nc(NCCOCCO)nc(Nc2ccc(C=Cc3ccc(Nc4nc(/N=C\CSOOO)nc(NCCOCCO)n4)cc3S(=O)(=O)O)c(SOO)c2)n1. The van der Waals surface area contributed by atoms with E-state index in [1.54, 1.807) is 12.1 Å². The number of hydrogen-bond acceptors (Lipinski definition) is 27. The molecular weight excluding hydrogens is 921 g/mol. The second-order valence-corrected chi connectivity index (χ2v) is 16.2. The summed E-state index contributed by atoms with van der Waals surface area (Å²) in [7, 11) is -9.10. The number of benzene rings is 2. The van der Waals surface area contributed by atoms with Gasteiger partial charge < -0.3 is 46.3 Å². The van der Waals surface area contributed by atoms with E-state index in [0.717, 1.165) is 18.1 Å². The van der Waals surface area contributed by atoms with E-state index >= 15 is 0 Å². The Kier molecular flexibility index (Phi) is 21.4. The minimum absolute atomic E-state index is 0.00906. The van der Waals surface area contributed by atoms with E-state index in [-0.39, 0.29) is 112 Å². The number of nitrogens with one attached hydrogen (secondary N) is 5. The van der Waals surface area contributed by atoms with Crippen molar-refractivity contribution >= 4 is 110 Å². The Balaban J connectivity index is 1.57. The van der Waals surface area contributed by atoms with Crippen LogP contribution in [0.4, 0.5) is 47.1 Å². The predicted octanol–water partition coefficient (Wildman–Crippen LogP) is 2.37. The molecular formula is C32H42N12O15S4. The van der Waals surface area contributed by atoms with Crippen molar-refractivity contribution in [2.45, 2.75) is 9.79 Å². The van der Waals surface area contributed by atoms with Gasteiger partial charge in [0.1, 0.15) is 4.90 Å². The first-order valence-corrected chi connectivity index (χ1v) is 22.6. The molecule has 0 bridgehead atoms. The van der Waals surface area contributed by atoms with Crippen LogP contribution in [-0.4, -0.2) is 154 Å². The van der Waals surface area contributed by atoms with E-state index < -0.39 is 30.9 Å². The van der Waals surface area contributed by atoms with Crippen molar-refractivity contribution < 1.29 is 69.8 Å². The van der Waals surface area contributed by atoms with Crippen molar-refractivity contribution in [2.75, 3.05) is 97.4 Å². The summed E-state index contributed by atoms with van der Waals surface area (Å²) in [4.78, 5) is 29.3. The number of hydrogen-bond donors (Lipinski definition) is 11. The summed E-state index contributed by atoms with van der Waals surface area (Å²) in [6, 6.07) is 8.76. The lowest BCUT2D eigenvalue weighted by molar-refractivity contribution is -0.432. The Bertz CT molecular complexity index is 2350. The second-order valence-electron chi connectivity index (χ2n) is 11.8. The summed E-state index contributed by atoms with van der Waals surface area (Å²) in [5.41, 5.74) is 0.999. The Morgan fingerprint density at radius 3 is 1.81 bits per heavy atom. The van der Waals surface area contributed by atoms with Crippen molar-refractivity contribution in [3.05, 3.63) is 47.5 Å². The number of aliphatic hydroxyl groups excluding tert-OH is 2. The van der Waals surface area contributed by atoms with Crippen LogP contribution >= 0.6 is 24.1 Å². The van der Waals surface area contributed by atoms with Crippen molar-refractivity contribution in [1.29, 1.82) is 0 Å². The van der Waals surface area contributed by atoms with Crippen molar-refractivity contribution in [3.63, 3.8) is 0 Å². The monoisotopic (exact) mass is 962 g/mol. The van der Waals surface area contributed by atoms with Crippen LogP contribution < -0.4 is 26.6 Å². The van der Waals surface area contributed by atoms with E-state index in [4.69, 9.17) is 29.5 Å². The fourth-order valence-corrected chi connectivity index (χ4v) is 6.51. The fourth-order valence-electron chi connectivity index (χ4n) is 4.71. The molecule has 4 aromatic rings. The number of anilines is 7. The molecule has 2 aromatic carbocycles. The first kappa shape index (κ1) is 50.7. The summed E-state index contributed by atoms with van der Waals surface area (Å²) >= 11 is 1.27. The van der Waals surface area contributed by atoms with Gasteiger partial charge in [-0.3, -0.25) is 9.11 Å². The summed E-state index contributed by atoms with van der Waals surface area (Å²) in [5, 5.41) is 53.4. The molecule has 0 fully saturated rings. The standard InChI is InChI=1S/C32H42N12O15S4/c45-11-15-55-13-7-33-27-39-29(35-9-17-60-59-57-47)43-32(42-27)38-24-6-4-22(26(20-24)63(52,53)54)2-1-21-3-5-23(19-25(21)61-58-48)37-31-41-28(34-8-14-56-16-12-46)40-30(44-31)36-10-18-62(49,50)51/h1-6,9,19-20,45-48H,7-8,10-18H2,(H,49,50,51)(H,52,53,54)(H2,33,38,39,42,43)(H3,34,36,37,40,41,44)/b2-1?,35-9-. The normalized spacial score (nSPS) is 12.0. The van der Waals surface area contributed by atoms with Crippen LogP contribution in [0.15, 0.2) is 51.2 Å². The molecule has 0 radical (unpaired) electrons. The quantitative estimate of drug-likeness (QED) is 0.00679. The highest BCUT2D eigenvalue weighted by molar-refractivity contribution is 7.95. The Morgan fingerprint density at radius 2 is 1.22 bits per heavy atom. The predicted molar refractivity (Wildman–Crippen MR) is 231 cm³/mol. The molecule has 27 nitrogen and oxygen atoms in total. The lowest BCUT2D eigenvalue weighted by Crippen LogP contribution is -2.18. The van der Waals surface area contributed by atoms with Crippen LogP contribution in [0.3, 0.4) is 0 Å². The first-order valence-electron chi connectivity index (χ1n) is 17.9. The summed E-state index contributed by atoms with van der Waals surface area (Å²) in [6.45, 7) is 0.593. The van der Waals surface area contributed by atoms with Crippen LogP contribution in [0, 0.1) is 0 Å². The molecule has 0 amide bonds. The third kappa shape index (κ3) is 19.1. The van der Waals surface area contributed by atoms with Crippen LogP contribution in [0.5, 0.6) is 0 Å². The number of aliphatic imine (C=N–C) groups is 1. The summed E-state index contributed by atoms with van der Waals surface area (Å²) in [6.07, 6.45) is 4.25. The van der Waals surface area contributed by atoms with Gasteiger partial charge in [-0.1, -0.05) is 29.3 Å². The molecule has 31 heteroatoms. The van der Waals surface area contributed by atoms with Gasteiger partial charge in [-0.2, -0.15) is 51.1 Å². The topological polar surface area (TPSA) is 386 Å². The molecule has 0 spiro atoms.